The highest BCUT2D eigenvalue weighted by molar-refractivity contribution is 5.99. The molecule has 0 unspecified atom stereocenters. The summed E-state index contributed by atoms with van der Waals surface area (Å²) in [7, 11) is 3.35. The Hall–Kier alpha value is -2.71. The summed E-state index contributed by atoms with van der Waals surface area (Å²) < 4.78 is 11.1. The van der Waals surface area contributed by atoms with Crippen LogP contribution in [0.4, 0.5) is 0 Å². The quantitative estimate of drug-likeness (QED) is 0.791. The Morgan fingerprint density at radius 2 is 2.11 bits per heavy atom. The second-order valence-corrected chi connectivity index (χ2v) is 6.61. The Morgan fingerprint density at radius 1 is 1.33 bits per heavy atom. The van der Waals surface area contributed by atoms with E-state index in [0.717, 1.165) is 5.56 Å². The number of nitrogens with zero attached hydrogens (tertiary/aromatic N) is 2. The third-order valence-electron chi connectivity index (χ3n) is 4.49. The molecular weight excluding hydrogens is 348 g/mol. The zero-order valence-corrected chi connectivity index (χ0v) is 15.5. The highest BCUT2D eigenvalue weighted by atomic mass is 16.5. The number of carbonyl (C=O) groups is 2. The van der Waals surface area contributed by atoms with Gasteiger partial charge in [-0.15, -0.1) is 0 Å². The Bertz CT molecular complexity index is 775. The fraction of sp³-hybridized carbons (Fsp3) is 0.421. The Morgan fingerprint density at radius 3 is 2.85 bits per heavy atom. The zero-order valence-electron chi connectivity index (χ0n) is 15.5. The van der Waals surface area contributed by atoms with Gasteiger partial charge in [0.1, 0.15) is 12.7 Å². The fourth-order valence-corrected chi connectivity index (χ4v) is 2.88. The van der Waals surface area contributed by atoms with Gasteiger partial charge in [0.2, 0.25) is 5.91 Å². The van der Waals surface area contributed by atoms with E-state index >= 15 is 0 Å². The SMILES string of the molecule is CN(C)C(=O)CO[C@@H]1COCC[C@H]1NC(=O)c1cn[nH]c1-c1ccccc1. The van der Waals surface area contributed by atoms with E-state index in [1.54, 1.807) is 14.1 Å². The van der Waals surface area contributed by atoms with Crippen molar-refractivity contribution >= 4 is 11.8 Å². The van der Waals surface area contributed by atoms with Crippen LogP contribution in [0.1, 0.15) is 16.8 Å². The van der Waals surface area contributed by atoms with E-state index < -0.39 is 0 Å². The summed E-state index contributed by atoms with van der Waals surface area (Å²) in [4.78, 5) is 26.0. The lowest BCUT2D eigenvalue weighted by atomic mass is 10.0. The van der Waals surface area contributed by atoms with Crippen molar-refractivity contribution in [3.63, 3.8) is 0 Å². The van der Waals surface area contributed by atoms with Crippen molar-refractivity contribution in [2.75, 3.05) is 33.9 Å². The summed E-state index contributed by atoms with van der Waals surface area (Å²) in [6.45, 7) is 0.820. The molecule has 1 saturated heterocycles. The molecule has 0 aliphatic carbocycles. The first-order chi connectivity index (χ1) is 13.1. The van der Waals surface area contributed by atoms with Gasteiger partial charge >= 0.3 is 0 Å². The van der Waals surface area contributed by atoms with E-state index in [0.29, 0.717) is 30.9 Å². The Labute approximate surface area is 157 Å². The Balaban J connectivity index is 1.67. The number of likely N-dealkylation sites (N-methyl/N-ethyl adjacent to an activating group) is 1. The molecule has 0 spiro atoms. The predicted molar refractivity (Wildman–Crippen MR) is 99.1 cm³/mol. The third kappa shape index (κ3) is 4.72. The smallest absolute Gasteiger partial charge is 0.255 e. The number of aromatic amines is 1. The molecule has 1 aromatic heterocycles. The van der Waals surface area contributed by atoms with Crippen molar-refractivity contribution < 1.29 is 19.1 Å². The molecule has 27 heavy (non-hydrogen) atoms. The van der Waals surface area contributed by atoms with Crippen LogP contribution < -0.4 is 5.32 Å². The van der Waals surface area contributed by atoms with E-state index in [-0.39, 0.29) is 30.6 Å². The summed E-state index contributed by atoms with van der Waals surface area (Å²) in [5, 5.41) is 9.91. The van der Waals surface area contributed by atoms with E-state index in [2.05, 4.69) is 15.5 Å². The van der Waals surface area contributed by atoms with E-state index in [9.17, 15) is 9.59 Å². The zero-order chi connectivity index (χ0) is 19.2. The average molecular weight is 372 g/mol. The number of nitrogens with one attached hydrogen (secondary N) is 2. The number of amides is 2. The van der Waals surface area contributed by atoms with Gasteiger partial charge in [0, 0.05) is 26.3 Å². The number of benzene rings is 1. The summed E-state index contributed by atoms with van der Waals surface area (Å²) in [5.74, 6) is -0.367. The molecule has 144 valence electrons. The highest BCUT2D eigenvalue weighted by Crippen LogP contribution is 2.21. The van der Waals surface area contributed by atoms with Crippen molar-refractivity contribution in [1.82, 2.24) is 20.4 Å². The highest BCUT2D eigenvalue weighted by Gasteiger charge is 2.30. The van der Waals surface area contributed by atoms with Crippen molar-refractivity contribution in [2.24, 2.45) is 0 Å². The molecule has 8 nitrogen and oxygen atoms in total. The van der Waals surface area contributed by atoms with Crippen LogP contribution in [0.25, 0.3) is 11.3 Å². The topological polar surface area (TPSA) is 96.6 Å². The number of ether oxygens (including phenoxy) is 2. The van der Waals surface area contributed by atoms with Gasteiger partial charge in [0.05, 0.1) is 30.1 Å². The van der Waals surface area contributed by atoms with Gasteiger partial charge in [-0.05, 0) is 6.42 Å². The van der Waals surface area contributed by atoms with Gasteiger partial charge in [0.15, 0.2) is 0 Å². The molecule has 2 amide bonds. The van der Waals surface area contributed by atoms with Gasteiger partial charge in [-0.3, -0.25) is 14.7 Å². The lowest BCUT2D eigenvalue weighted by Crippen LogP contribution is -2.50. The van der Waals surface area contributed by atoms with Crippen LogP contribution in [0.3, 0.4) is 0 Å². The van der Waals surface area contributed by atoms with E-state index in [1.807, 2.05) is 30.3 Å². The van der Waals surface area contributed by atoms with Crippen LogP contribution >= 0.6 is 0 Å². The standard InChI is InChI=1S/C19H24N4O4/c1-23(2)17(24)12-27-16-11-26-9-8-15(16)21-19(25)14-10-20-22-18(14)13-6-4-3-5-7-13/h3-7,10,15-16H,8-9,11-12H2,1-2H3,(H,20,22)(H,21,25)/t15-,16-/m1/s1. The van der Waals surface area contributed by atoms with Crippen LogP contribution in [0.2, 0.25) is 0 Å². The maximum Gasteiger partial charge on any atom is 0.255 e. The normalized spacial score (nSPS) is 19.5. The maximum absolute atomic E-state index is 12.8. The maximum atomic E-state index is 12.8. The molecule has 0 bridgehead atoms. The number of H-pyrrole nitrogens is 1. The number of aromatic nitrogens is 2. The summed E-state index contributed by atoms with van der Waals surface area (Å²) in [6, 6.07) is 9.32. The first-order valence-electron chi connectivity index (χ1n) is 8.85. The molecule has 2 atom stereocenters. The molecule has 2 aromatic rings. The lowest BCUT2D eigenvalue weighted by Gasteiger charge is -2.32. The number of rotatable bonds is 6. The molecule has 1 aliphatic rings. The van der Waals surface area contributed by atoms with Crippen molar-refractivity contribution in [1.29, 1.82) is 0 Å². The molecule has 2 heterocycles. The van der Waals surface area contributed by atoms with Crippen LogP contribution in [-0.2, 0) is 14.3 Å². The molecule has 0 radical (unpaired) electrons. The first-order valence-corrected chi connectivity index (χ1v) is 8.85. The van der Waals surface area contributed by atoms with Crippen molar-refractivity contribution in [2.45, 2.75) is 18.6 Å². The second kappa shape index (κ2) is 8.79. The van der Waals surface area contributed by atoms with Gasteiger partial charge in [0.25, 0.3) is 5.91 Å². The van der Waals surface area contributed by atoms with Crippen LogP contribution in [0, 0.1) is 0 Å². The van der Waals surface area contributed by atoms with Crippen LogP contribution in [-0.4, -0.2) is 73.0 Å². The summed E-state index contributed by atoms with van der Waals surface area (Å²) in [6.07, 6.45) is 1.76. The van der Waals surface area contributed by atoms with E-state index in [4.69, 9.17) is 9.47 Å². The molecule has 1 fully saturated rings. The molecule has 3 rings (SSSR count). The van der Waals surface area contributed by atoms with E-state index in [1.165, 1.54) is 11.1 Å². The molecule has 2 N–H and O–H groups in total. The minimum Gasteiger partial charge on any atom is -0.379 e. The largest absolute Gasteiger partial charge is 0.379 e. The minimum absolute atomic E-state index is 0.0472. The summed E-state index contributed by atoms with van der Waals surface area (Å²) in [5.41, 5.74) is 2.02. The van der Waals surface area contributed by atoms with Gasteiger partial charge < -0.3 is 19.7 Å². The van der Waals surface area contributed by atoms with Gasteiger partial charge in [-0.2, -0.15) is 5.10 Å². The van der Waals surface area contributed by atoms with Crippen molar-refractivity contribution in [3.05, 3.63) is 42.1 Å². The molecule has 8 heteroatoms. The van der Waals surface area contributed by atoms with Gasteiger partial charge in [-0.25, -0.2) is 0 Å². The number of carbonyl (C=O) groups excluding carboxylic acids is 2. The van der Waals surface area contributed by atoms with Crippen LogP contribution in [0.5, 0.6) is 0 Å². The first kappa shape index (κ1) is 19.1. The third-order valence-corrected chi connectivity index (χ3v) is 4.49. The average Bonchev–Trinajstić information content (AvgIpc) is 3.17. The fourth-order valence-electron chi connectivity index (χ4n) is 2.88. The minimum atomic E-state index is -0.376. The van der Waals surface area contributed by atoms with Gasteiger partial charge in [-0.1, -0.05) is 30.3 Å². The molecule has 1 aliphatic heterocycles. The number of hydrogen-bond donors (Lipinski definition) is 2. The lowest BCUT2D eigenvalue weighted by molar-refractivity contribution is -0.140. The van der Waals surface area contributed by atoms with Crippen molar-refractivity contribution in [3.8, 4) is 11.3 Å². The number of hydrogen-bond acceptors (Lipinski definition) is 5. The Kier molecular flexibility index (Phi) is 6.20. The predicted octanol–water partition coefficient (Wildman–Crippen LogP) is 1.07. The van der Waals surface area contributed by atoms with Crippen LogP contribution in [0.15, 0.2) is 36.5 Å². The molecular formula is C19H24N4O4. The summed E-state index contributed by atoms with van der Waals surface area (Å²) >= 11 is 0. The monoisotopic (exact) mass is 372 g/mol. The molecule has 1 aromatic carbocycles. The molecule has 0 saturated carbocycles. The second-order valence-electron chi connectivity index (χ2n) is 6.61.